The molecule has 0 bridgehead atoms. The number of nitrogens with zero attached hydrogens (tertiary/aromatic N) is 1. The van der Waals surface area contributed by atoms with Gasteiger partial charge in [-0.1, -0.05) is 36.8 Å². The van der Waals surface area contributed by atoms with Gasteiger partial charge < -0.3 is 0 Å². The lowest BCUT2D eigenvalue weighted by molar-refractivity contribution is 1.14. The number of hydrogen-bond donors (Lipinski definition) is 0. The van der Waals surface area contributed by atoms with Gasteiger partial charge in [0.25, 0.3) is 0 Å². The van der Waals surface area contributed by atoms with Crippen molar-refractivity contribution in [2.75, 3.05) is 0 Å². The molecule has 0 fully saturated rings. The average molecular weight is 131 g/mol. The number of benzene rings is 1. The standard InChI is InChI=1S/C9H9N/c1-3-8-5-4-6-9(7-8)10-2/h4-7H,3H2,1H3. The van der Waals surface area contributed by atoms with Crippen molar-refractivity contribution < 1.29 is 0 Å². The van der Waals surface area contributed by atoms with E-state index in [1.54, 1.807) is 0 Å². The van der Waals surface area contributed by atoms with Crippen LogP contribution < -0.4 is 0 Å². The summed E-state index contributed by atoms with van der Waals surface area (Å²) < 4.78 is 0. The maximum Gasteiger partial charge on any atom is 0.187 e. The largest absolute Gasteiger partial charge is 0.238 e. The highest BCUT2D eigenvalue weighted by molar-refractivity contribution is 5.46. The third-order valence-electron chi connectivity index (χ3n) is 1.45. The summed E-state index contributed by atoms with van der Waals surface area (Å²) in [4.78, 5) is 3.33. The lowest BCUT2D eigenvalue weighted by Crippen LogP contribution is -1.75. The Bertz CT molecular complexity index is 258. The van der Waals surface area contributed by atoms with Crippen molar-refractivity contribution in [3.63, 3.8) is 0 Å². The summed E-state index contributed by atoms with van der Waals surface area (Å²) in [7, 11) is 0. The fraction of sp³-hybridized carbons (Fsp3) is 0.222. The van der Waals surface area contributed by atoms with Gasteiger partial charge in [0.05, 0.1) is 6.57 Å². The Hall–Kier alpha value is -1.29. The van der Waals surface area contributed by atoms with Crippen molar-refractivity contribution in [2.45, 2.75) is 13.3 Å². The van der Waals surface area contributed by atoms with Crippen molar-refractivity contribution >= 4 is 5.69 Å². The number of rotatable bonds is 1. The molecule has 0 radical (unpaired) electrons. The van der Waals surface area contributed by atoms with Crippen LogP contribution in [0.1, 0.15) is 12.5 Å². The molecule has 1 rings (SSSR count). The van der Waals surface area contributed by atoms with Crippen molar-refractivity contribution in [2.24, 2.45) is 0 Å². The third-order valence-corrected chi connectivity index (χ3v) is 1.45. The summed E-state index contributed by atoms with van der Waals surface area (Å²) in [6, 6.07) is 7.71. The maximum atomic E-state index is 6.74. The second-order valence-electron chi connectivity index (χ2n) is 2.14. The topological polar surface area (TPSA) is 4.36 Å². The van der Waals surface area contributed by atoms with Crippen molar-refractivity contribution in [3.05, 3.63) is 41.2 Å². The van der Waals surface area contributed by atoms with Crippen LogP contribution in [-0.4, -0.2) is 0 Å². The summed E-state index contributed by atoms with van der Waals surface area (Å²) in [5, 5.41) is 0. The normalized spacial score (nSPS) is 8.80. The molecule has 0 atom stereocenters. The number of aryl methyl sites for hydroxylation is 1. The molecule has 0 aliphatic rings. The van der Waals surface area contributed by atoms with E-state index in [1.165, 1.54) is 5.56 Å². The first-order valence-corrected chi connectivity index (χ1v) is 3.33. The van der Waals surface area contributed by atoms with Gasteiger partial charge in [-0.2, -0.15) is 0 Å². The third kappa shape index (κ3) is 1.35. The number of hydrogen-bond acceptors (Lipinski definition) is 0. The molecule has 50 valence electrons. The zero-order chi connectivity index (χ0) is 7.40. The van der Waals surface area contributed by atoms with Crippen LogP contribution in [0.15, 0.2) is 24.3 Å². The molecule has 0 spiro atoms. The van der Waals surface area contributed by atoms with E-state index in [1.807, 2.05) is 24.3 Å². The Morgan fingerprint density at radius 1 is 1.50 bits per heavy atom. The van der Waals surface area contributed by atoms with Crippen molar-refractivity contribution in [1.82, 2.24) is 0 Å². The molecule has 1 nitrogen and oxygen atoms in total. The van der Waals surface area contributed by atoms with Crippen molar-refractivity contribution in [3.8, 4) is 0 Å². The van der Waals surface area contributed by atoms with Gasteiger partial charge in [0.2, 0.25) is 0 Å². The molecule has 0 saturated heterocycles. The van der Waals surface area contributed by atoms with Gasteiger partial charge in [0.15, 0.2) is 5.69 Å². The lowest BCUT2D eigenvalue weighted by atomic mass is 10.1. The van der Waals surface area contributed by atoms with E-state index >= 15 is 0 Å². The van der Waals surface area contributed by atoms with Crippen LogP contribution in [0.5, 0.6) is 0 Å². The first-order valence-electron chi connectivity index (χ1n) is 3.33. The molecule has 0 amide bonds. The van der Waals surface area contributed by atoms with Gasteiger partial charge in [0, 0.05) is 0 Å². The second kappa shape index (κ2) is 3.03. The summed E-state index contributed by atoms with van der Waals surface area (Å²) in [5.41, 5.74) is 1.97. The van der Waals surface area contributed by atoms with Gasteiger partial charge in [-0.05, 0) is 6.42 Å². The second-order valence-corrected chi connectivity index (χ2v) is 2.14. The Morgan fingerprint density at radius 3 is 2.90 bits per heavy atom. The molecule has 0 aromatic heterocycles. The van der Waals surface area contributed by atoms with Gasteiger partial charge in [-0.25, -0.2) is 4.85 Å². The van der Waals surface area contributed by atoms with Gasteiger partial charge >= 0.3 is 0 Å². The maximum absolute atomic E-state index is 6.74. The van der Waals surface area contributed by atoms with E-state index in [9.17, 15) is 0 Å². The molecule has 0 saturated carbocycles. The highest BCUT2D eigenvalue weighted by Crippen LogP contribution is 2.13. The van der Waals surface area contributed by atoms with E-state index in [2.05, 4.69) is 11.8 Å². The quantitative estimate of drug-likeness (QED) is 0.516. The molecule has 1 aromatic rings. The predicted molar refractivity (Wildman–Crippen MR) is 42.1 cm³/mol. The summed E-state index contributed by atoms with van der Waals surface area (Å²) in [6.45, 7) is 8.83. The molecule has 10 heavy (non-hydrogen) atoms. The monoisotopic (exact) mass is 131 g/mol. The van der Waals surface area contributed by atoms with Crippen LogP contribution in [0.2, 0.25) is 0 Å². The van der Waals surface area contributed by atoms with Crippen molar-refractivity contribution in [1.29, 1.82) is 0 Å². The average Bonchev–Trinajstić information content (AvgIpc) is 2.05. The van der Waals surface area contributed by atoms with Crippen LogP contribution in [0.3, 0.4) is 0 Å². The van der Waals surface area contributed by atoms with Gasteiger partial charge in [-0.15, -0.1) is 0 Å². The molecule has 0 unspecified atom stereocenters. The van der Waals surface area contributed by atoms with Gasteiger partial charge in [-0.3, -0.25) is 0 Å². The Morgan fingerprint density at radius 2 is 2.30 bits per heavy atom. The highest BCUT2D eigenvalue weighted by Gasteiger charge is 1.89. The summed E-state index contributed by atoms with van der Waals surface area (Å²) >= 11 is 0. The highest BCUT2D eigenvalue weighted by atomic mass is 14.6. The van der Waals surface area contributed by atoms with Crippen LogP contribution in [0, 0.1) is 6.57 Å². The van der Waals surface area contributed by atoms with Gasteiger partial charge in [0.1, 0.15) is 0 Å². The molecule has 1 aromatic carbocycles. The SMILES string of the molecule is [C-]#[N+]c1cccc(CC)c1. The van der Waals surface area contributed by atoms with Crippen LogP contribution in [0.25, 0.3) is 4.85 Å². The minimum Gasteiger partial charge on any atom is -0.238 e. The van der Waals surface area contributed by atoms with E-state index < -0.39 is 0 Å². The molecule has 1 heteroatoms. The van der Waals surface area contributed by atoms with Crippen LogP contribution in [0.4, 0.5) is 5.69 Å². The molecule has 0 N–H and O–H groups in total. The fourth-order valence-electron chi connectivity index (χ4n) is 0.846. The van der Waals surface area contributed by atoms with Crippen LogP contribution >= 0.6 is 0 Å². The molecule has 0 heterocycles. The van der Waals surface area contributed by atoms with E-state index in [0.717, 1.165) is 12.1 Å². The Kier molecular flexibility index (Phi) is 2.07. The Labute approximate surface area is 61.1 Å². The first kappa shape index (κ1) is 6.82. The molecule has 0 aliphatic heterocycles. The minimum atomic E-state index is 0.736. The molecular formula is C9H9N. The predicted octanol–water partition coefficient (Wildman–Crippen LogP) is 2.80. The summed E-state index contributed by atoms with van der Waals surface area (Å²) in [5.74, 6) is 0. The Balaban J connectivity index is 3.01. The summed E-state index contributed by atoms with van der Waals surface area (Å²) in [6.07, 6.45) is 1.00. The van der Waals surface area contributed by atoms with E-state index in [4.69, 9.17) is 6.57 Å². The fourth-order valence-corrected chi connectivity index (χ4v) is 0.846. The van der Waals surface area contributed by atoms with E-state index in [-0.39, 0.29) is 0 Å². The minimum absolute atomic E-state index is 0.736. The first-order chi connectivity index (χ1) is 4.86. The zero-order valence-corrected chi connectivity index (χ0v) is 5.96. The molecular weight excluding hydrogens is 122 g/mol. The van der Waals surface area contributed by atoms with E-state index in [0.29, 0.717) is 0 Å². The smallest absolute Gasteiger partial charge is 0.187 e. The van der Waals surface area contributed by atoms with Crippen LogP contribution in [-0.2, 0) is 6.42 Å². The lowest BCUT2D eigenvalue weighted by Gasteiger charge is -1.93. The zero-order valence-electron chi connectivity index (χ0n) is 5.96. The molecule has 0 aliphatic carbocycles.